The average Bonchev–Trinajstić information content (AvgIpc) is 3.18. The fraction of sp³-hybridized carbons (Fsp3) is 0.700. The zero-order valence-electron chi connectivity index (χ0n) is 15.1. The monoisotopic (exact) mass is 357 g/mol. The molecule has 1 N–H and O–H groups in total. The van der Waals surface area contributed by atoms with Crippen molar-refractivity contribution in [1.29, 1.82) is 0 Å². The van der Waals surface area contributed by atoms with Gasteiger partial charge in [0.25, 0.3) is 0 Å². The van der Waals surface area contributed by atoms with Crippen LogP contribution < -0.4 is 0 Å². The Morgan fingerprint density at radius 3 is 2.88 bits per heavy atom. The van der Waals surface area contributed by atoms with Crippen molar-refractivity contribution in [2.75, 3.05) is 19.6 Å². The van der Waals surface area contributed by atoms with Crippen molar-refractivity contribution < 1.29 is 14.3 Å². The first kappa shape index (κ1) is 16.4. The van der Waals surface area contributed by atoms with Crippen LogP contribution in [0.4, 0.5) is 0 Å². The standard InChI is InChI=1S/C20H27N3O3/c24-19-5-1-4-17-13-9-14(12-23(17)19)18-10-15(6-8-22(18)11-13)26-20(25)16-3-2-7-21-16/h2-3,7,13-15,17-18,21H,1,4-6,8-12H2/t13-,14-,15-,17-,18+/m1/s1. The first-order valence-electron chi connectivity index (χ1n) is 10.1. The van der Waals surface area contributed by atoms with Gasteiger partial charge >= 0.3 is 5.97 Å². The van der Waals surface area contributed by atoms with Crippen LogP contribution >= 0.6 is 0 Å². The van der Waals surface area contributed by atoms with Crippen LogP contribution in [-0.4, -0.2) is 64.5 Å². The Morgan fingerprint density at radius 2 is 2.04 bits per heavy atom. The number of hydrogen-bond acceptors (Lipinski definition) is 4. The highest BCUT2D eigenvalue weighted by Crippen LogP contribution is 2.43. The molecule has 6 nitrogen and oxygen atoms in total. The lowest BCUT2D eigenvalue weighted by molar-refractivity contribution is -0.150. The summed E-state index contributed by atoms with van der Waals surface area (Å²) in [6.45, 7) is 3.01. The Morgan fingerprint density at radius 1 is 1.15 bits per heavy atom. The number of aromatic nitrogens is 1. The predicted molar refractivity (Wildman–Crippen MR) is 95.5 cm³/mol. The molecule has 0 saturated carbocycles. The normalized spacial score (nSPS) is 37.0. The molecule has 2 bridgehead atoms. The molecule has 5 rings (SSSR count). The molecule has 26 heavy (non-hydrogen) atoms. The number of H-pyrrole nitrogens is 1. The van der Waals surface area contributed by atoms with E-state index in [2.05, 4.69) is 14.8 Å². The largest absolute Gasteiger partial charge is 0.458 e. The van der Waals surface area contributed by atoms with Crippen molar-refractivity contribution in [2.45, 2.75) is 56.7 Å². The number of esters is 1. The summed E-state index contributed by atoms with van der Waals surface area (Å²) in [5.74, 6) is 1.26. The number of fused-ring (bicyclic) bond motifs is 6. The van der Waals surface area contributed by atoms with Gasteiger partial charge in [-0.15, -0.1) is 0 Å². The Bertz CT molecular complexity index is 688. The molecule has 4 aliphatic rings. The van der Waals surface area contributed by atoms with E-state index in [9.17, 15) is 9.59 Å². The van der Waals surface area contributed by atoms with E-state index in [-0.39, 0.29) is 12.1 Å². The zero-order valence-corrected chi connectivity index (χ0v) is 15.1. The van der Waals surface area contributed by atoms with Crippen LogP contribution in [0.3, 0.4) is 0 Å². The maximum Gasteiger partial charge on any atom is 0.355 e. The third kappa shape index (κ3) is 2.75. The number of carbonyl (C=O) groups is 2. The van der Waals surface area contributed by atoms with E-state index in [1.807, 2.05) is 6.07 Å². The second-order valence-corrected chi connectivity index (χ2v) is 8.46. The molecule has 4 fully saturated rings. The number of carbonyl (C=O) groups excluding carboxylic acids is 2. The van der Waals surface area contributed by atoms with Crippen molar-refractivity contribution in [3.63, 3.8) is 0 Å². The van der Waals surface area contributed by atoms with E-state index in [4.69, 9.17) is 4.74 Å². The second kappa shape index (κ2) is 6.41. The van der Waals surface area contributed by atoms with Crippen molar-refractivity contribution in [3.05, 3.63) is 24.0 Å². The van der Waals surface area contributed by atoms with Crippen LogP contribution in [0.1, 0.15) is 49.0 Å². The minimum Gasteiger partial charge on any atom is -0.458 e. The molecule has 1 aromatic rings. The van der Waals surface area contributed by atoms with Crippen LogP contribution in [0.2, 0.25) is 0 Å². The van der Waals surface area contributed by atoms with Gasteiger partial charge < -0.3 is 14.6 Å². The van der Waals surface area contributed by atoms with Gasteiger partial charge in [0.05, 0.1) is 0 Å². The van der Waals surface area contributed by atoms with Crippen molar-refractivity contribution in [2.24, 2.45) is 11.8 Å². The number of hydrogen-bond donors (Lipinski definition) is 1. The lowest BCUT2D eigenvalue weighted by Gasteiger charge is -2.57. The lowest BCUT2D eigenvalue weighted by atomic mass is 9.70. The van der Waals surface area contributed by atoms with Gasteiger partial charge in [0.15, 0.2) is 0 Å². The van der Waals surface area contributed by atoms with E-state index >= 15 is 0 Å². The maximum atomic E-state index is 12.4. The minimum atomic E-state index is -0.253. The van der Waals surface area contributed by atoms with E-state index in [0.717, 1.165) is 45.3 Å². The third-order valence-electron chi connectivity index (χ3n) is 7.01. The van der Waals surface area contributed by atoms with Crippen molar-refractivity contribution >= 4 is 11.9 Å². The smallest absolute Gasteiger partial charge is 0.355 e. The fourth-order valence-corrected chi connectivity index (χ4v) is 5.83. The number of aromatic amines is 1. The number of nitrogens with zero attached hydrogens (tertiary/aromatic N) is 2. The molecule has 0 unspecified atom stereocenters. The quantitative estimate of drug-likeness (QED) is 0.823. The van der Waals surface area contributed by atoms with Crippen LogP contribution in [0.25, 0.3) is 0 Å². The second-order valence-electron chi connectivity index (χ2n) is 8.46. The zero-order chi connectivity index (χ0) is 17.7. The van der Waals surface area contributed by atoms with Gasteiger partial charge in [-0.1, -0.05) is 0 Å². The summed E-state index contributed by atoms with van der Waals surface area (Å²) >= 11 is 0. The molecule has 6 heteroatoms. The molecule has 0 radical (unpaired) electrons. The molecule has 1 amide bonds. The lowest BCUT2D eigenvalue weighted by Crippen LogP contribution is -2.65. The summed E-state index contributed by atoms with van der Waals surface area (Å²) in [7, 11) is 0. The fourth-order valence-electron chi connectivity index (χ4n) is 5.83. The highest BCUT2D eigenvalue weighted by atomic mass is 16.5. The number of piperidine rings is 4. The summed E-state index contributed by atoms with van der Waals surface area (Å²) < 4.78 is 5.77. The van der Waals surface area contributed by atoms with Crippen molar-refractivity contribution in [3.8, 4) is 0 Å². The van der Waals surface area contributed by atoms with E-state index in [0.29, 0.717) is 35.5 Å². The van der Waals surface area contributed by atoms with E-state index in [1.54, 1.807) is 12.3 Å². The number of ether oxygens (including phenoxy) is 1. The van der Waals surface area contributed by atoms with Crippen LogP contribution in [0.5, 0.6) is 0 Å². The summed E-state index contributed by atoms with van der Waals surface area (Å²) in [4.78, 5) is 32.4. The Hall–Kier alpha value is -1.82. The van der Waals surface area contributed by atoms with Gasteiger partial charge in [-0.2, -0.15) is 0 Å². The molecule has 4 saturated heterocycles. The molecule has 5 atom stereocenters. The molecule has 140 valence electrons. The molecule has 0 aliphatic carbocycles. The van der Waals surface area contributed by atoms with Gasteiger partial charge in [0, 0.05) is 50.8 Å². The Kier molecular flexibility index (Phi) is 4.03. The molecule has 5 heterocycles. The average molecular weight is 357 g/mol. The van der Waals surface area contributed by atoms with Crippen LogP contribution in [0, 0.1) is 11.8 Å². The first-order chi connectivity index (χ1) is 12.7. The molecule has 0 spiro atoms. The van der Waals surface area contributed by atoms with Gasteiger partial charge in [-0.3, -0.25) is 9.69 Å². The van der Waals surface area contributed by atoms with E-state index < -0.39 is 0 Å². The van der Waals surface area contributed by atoms with Gasteiger partial charge in [-0.25, -0.2) is 4.79 Å². The summed E-state index contributed by atoms with van der Waals surface area (Å²) in [6.07, 6.45) is 7.73. The molecule has 1 aromatic heterocycles. The Balaban J connectivity index is 1.28. The first-order valence-corrected chi connectivity index (χ1v) is 10.1. The van der Waals surface area contributed by atoms with Crippen molar-refractivity contribution in [1.82, 2.24) is 14.8 Å². The van der Waals surface area contributed by atoms with Gasteiger partial charge in [0.2, 0.25) is 5.91 Å². The highest BCUT2D eigenvalue weighted by Gasteiger charge is 2.49. The van der Waals surface area contributed by atoms with Crippen LogP contribution in [0.15, 0.2) is 18.3 Å². The van der Waals surface area contributed by atoms with Gasteiger partial charge in [0.1, 0.15) is 11.8 Å². The topological polar surface area (TPSA) is 65.6 Å². The summed E-state index contributed by atoms with van der Waals surface area (Å²) in [5, 5.41) is 0. The summed E-state index contributed by atoms with van der Waals surface area (Å²) in [5.41, 5.74) is 0.524. The predicted octanol–water partition coefficient (Wildman–Crippen LogP) is 2.04. The number of rotatable bonds is 2. The summed E-state index contributed by atoms with van der Waals surface area (Å²) in [6, 6.07) is 4.48. The minimum absolute atomic E-state index is 0.0154. The SMILES string of the molecule is O=C(O[C@@H]1CCN2C[C@H]3C[C@H](CN4C(=O)CCC[C@H]34)[C@@H]2C1)c1ccc[nH]1. The maximum absolute atomic E-state index is 12.4. The molecular formula is C20H27N3O3. The van der Waals surface area contributed by atoms with Crippen LogP contribution in [-0.2, 0) is 9.53 Å². The third-order valence-corrected chi connectivity index (χ3v) is 7.01. The van der Waals surface area contributed by atoms with Gasteiger partial charge in [-0.05, 0) is 49.7 Å². The molecule has 4 aliphatic heterocycles. The highest BCUT2D eigenvalue weighted by molar-refractivity contribution is 5.87. The number of amides is 1. The van der Waals surface area contributed by atoms with E-state index in [1.165, 1.54) is 12.8 Å². The molecule has 0 aromatic carbocycles. The molecular weight excluding hydrogens is 330 g/mol. The Labute approximate surface area is 153 Å². The number of nitrogens with one attached hydrogen (secondary N) is 1.